The SMILES string of the molecule is NC(=O)C(Cc1ccc(Cl)cc1)N1CCC(N(C(=O)NCCO)C2CCCCC2)CC1. The second-order valence-electron chi connectivity index (χ2n) is 8.67. The molecule has 1 atom stereocenters. The number of piperidine rings is 1. The summed E-state index contributed by atoms with van der Waals surface area (Å²) < 4.78 is 0. The normalized spacial score (nSPS) is 19.7. The van der Waals surface area contributed by atoms with E-state index in [0.29, 0.717) is 11.4 Å². The van der Waals surface area contributed by atoms with Crippen LogP contribution in [0.15, 0.2) is 24.3 Å². The molecule has 172 valence electrons. The fourth-order valence-corrected chi connectivity index (χ4v) is 5.10. The molecular weight excluding hydrogens is 416 g/mol. The molecular formula is C23H35ClN4O3. The van der Waals surface area contributed by atoms with Crippen molar-refractivity contribution in [2.24, 2.45) is 5.73 Å². The topological polar surface area (TPSA) is 98.9 Å². The van der Waals surface area contributed by atoms with Crippen LogP contribution in [0.2, 0.25) is 5.02 Å². The van der Waals surface area contributed by atoms with Gasteiger partial charge in [-0.2, -0.15) is 0 Å². The number of aliphatic hydroxyl groups is 1. The van der Waals surface area contributed by atoms with Crippen LogP contribution in [0.25, 0.3) is 0 Å². The number of likely N-dealkylation sites (tertiary alicyclic amines) is 1. The average molecular weight is 451 g/mol. The Balaban J connectivity index is 1.64. The van der Waals surface area contributed by atoms with E-state index in [0.717, 1.165) is 57.2 Å². The van der Waals surface area contributed by atoms with E-state index in [1.165, 1.54) is 6.42 Å². The first-order chi connectivity index (χ1) is 15.0. The Kier molecular flexibility index (Phi) is 8.99. The van der Waals surface area contributed by atoms with Gasteiger partial charge in [-0.15, -0.1) is 0 Å². The number of urea groups is 1. The second kappa shape index (κ2) is 11.7. The lowest BCUT2D eigenvalue weighted by Crippen LogP contribution is -2.57. The summed E-state index contributed by atoms with van der Waals surface area (Å²) in [6.45, 7) is 1.66. The summed E-state index contributed by atoms with van der Waals surface area (Å²) in [5, 5.41) is 12.6. The second-order valence-corrected chi connectivity index (χ2v) is 9.11. The lowest BCUT2D eigenvalue weighted by atomic mass is 9.91. The van der Waals surface area contributed by atoms with E-state index in [-0.39, 0.29) is 43.2 Å². The maximum atomic E-state index is 12.9. The van der Waals surface area contributed by atoms with E-state index in [2.05, 4.69) is 10.2 Å². The molecule has 1 heterocycles. The summed E-state index contributed by atoms with van der Waals surface area (Å²) in [5.74, 6) is -0.321. The van der Waals surface area contributed by atoms with E-state index in [1.807, 2.05) is 29.2 Å². The van der Waals surface area contributed by atoms with Gasteiger partial charge in [-0.3, -0.25) is 9.69 Å². The number of carbonyl (C=O) groups is 2. The zero-order valence-electron chi connectivity index (χ0n) is 18.1. The molecule has 8 heteroatoms. The predicted molar refractivity (Wildman–Crippen MR) is 122 cm³/mol. The van der Waals surface area contributed by atoms with Crippen molar-refractivity contribution in [3.63, 3.8) is 0 Å². The van der Waals surface area contributed by atoms with Crippen molar-refractivity contribution >= 4 is 23.5 Å². The first-order valence-electron chi connectivity index (χ1n) is 11.4. The van der Waals surface area contributed by atoms with Crippen LogP contribution in [0.5, 0.6) is 0 Å². The minimum absolute atomic E-state index is 0.0618. The van der Waals surface area contributed by atoms with Crippen molar-refractivity contribution in [3.8, 4) is 0 Å². The molecule has 7 nitrogen and oxygen atoms in total. The highest BCUT2D eigenvalue weighted by molar-refractivity contribution is 6.30. The summed E-state index contributed by atoms with van der Waals surface area (Å²) in [4.78, 5) is 29.3. The molecule has 1 unspecified atom stereocenters. The molecule has 2 aliphatic rings. The standard InChI is InChI=1S/C23H35ClN4O3/c24-18-8-6-17(7-9-18)16-21(22(25)30)27-13-10-20(11-14-27)28(23(31)26-12-15-29)19-4-2-1-3-5-19/h6-9,19-21,29H,1-5,10-16H2,(H2,25,30)(H,26,31). The number of rotatable bonds is 8. The number of benzene rings is 1. The molecule has 1 saturated heterocycles. The zero-order valence-corrected chi connectivity index (χ0v) is 18.9. The van der Waals surface area contributed by atoms with Gasteiger partial charge in [0.05, 0.1) is 12.6 Å². The zero-order chi connectivity index (χ0) is 22.2. The number of nitrogens with two attached hydrogens (primary N) is 1. The number of halogens is 1. The Morgan fingerprint density at radius 3 is 2.29 bits per heavy atom. The Labute approximate surface area is 189 Å². The molecule has 0 radical (unpaired) electrons. The van der Waals surface area contributed by atoms with Gasteiger partial charge in [-0.25, -0.2) is 4.79 Å². The minimum Gasteiger partial charge on any atom is -0.395 e. The van der Waals surface area contributed by atoms with Crippen molar-refractivity contribution in [2.45, 2.75) is 69.5 Å². The number of aliphatic hydroxyl groups excluding tert-OH is 1. The van der Waals surface area contributed by atoms with Crippen molar-refractivity contribution in [1.82, 2.24) is 15.1 Å². The lowest BCUT2D eigenvalue weighted by molar-refractivity contribution is -0.123. The van der Waals surface area contributed by atoms with E-state index in [9.17, 15) is 9.59 Å². The Hall–Kier alpha value is -1.83. The molecule has 3 rings (SSSR count). The summed E-state index contributed by atoms with van der Waals surface area (Å²) >= 11 is 5.97. The van der Waals surface area contributed by atoms with Crippen LogP contribution in [-0.4, -0.2) is 71.2 Å². The first kappa shape index (κ1) is 23.8. The van der Waals surface area contributed by atoms with Gasteiger partial charge < -0.3 is 21.1 Å². The summed E-state index contributed by atoms with van der Waals surface area (Å²) in [6, 6.07) is 7.47. The van der Waals surface area contributed by atoms with Gasteiger partial charge in [0.25, 0.3) is 0 Å². The largest absolute Gasteiger partial charge is 0.395 e. The third-order valence-corrected chi connectivity index (χ3v) is 6.85. The van der Waals surface area contributed by atoms with Crippen LogP contribution in [0, 0.1) is 0 Å². The molecule has 0 aromatic heterocycles. The van der Waals surface area contributed by atoms with Crippen LogP contribution in [0.1, 0.15) is 50.5 Å². The van der Waals surface area contributed by atoms with Crippen LogP contribution < -0.4 is 11.1 Å². The molecule has 0 bridgehead atoms. The Bertz CT molecular complexity index is 716. The molecule has 1 aliphatic carbocycles. The van der Waals surface area contributed by atoms with Gasteiger partial charge in [0.1, 0.15) is 0 Å². The van der Waals surface area contributed by atoms with Crippen LogP contribution in [0.3, 0.4) is 0 Å². The molecule has 0 spiro atoms. The minimum atomic E-state index is -0.367. The van der Waals surface area contributed by atoms with Crippen LogP contribution in [-0.2, 0) is 11.2 Å². The molecule has 1 aromatic carbocycles. The number of nitrogens with one attached hydrogen (secondary N) is 1. The Morgan fingerprint density at radius 2 is 1.71 bits per heavy atom. The van der Waals surface area contributed by atoms with E-state index < -0.39 is 0 Å². The van der Waals surface area contributed by atoms with Crippen molar-refractivity contribution in [2.75, 3.05) is 26.2 Å². The highest BCUT2D eigenvalue weighted by atomic mass is 35.5. The summed E-state index contributed by atoms with van der Waals surface area (Å²) in [6.07, 6.45) is 7.78. The maximum absolute atomic E-state index is 12.9. The number of carbonyl (C=O) groups excluding carboxylic acids is 2. The average Bonchev–Trinajstić information content (AvgIpc) is 2.78. The first-order valence-corrected chi connectivity index (χ1v) is 11.8. The third-order valence-electron chi connectivity index (χ3n) is 6.59. The van der Waals surface area contributed by atoms with Crippen molar-refractivity contribution < 1.29 is 14.7 Å². The van der Waals surface area contributed by atoms with Gasteiger partial charge in [0.15, 0.2) is 0 Å². The molecule has 1 aliphatic heterocycles. The molecule has 1 saturated carbocycles. The molecule has 2 fully saturated rings. The molecule has 31 heavy (non-hydrogen) atoms. The summed E-state index contributed by atoms with van der Waals surface area (Å²) in [7, 11) is 0. The van der Waals surface area contributed by atoms with Gasteiger partial charge in [-0.1, -0.05) is 43.0 Å². The summed E-state index contributed by atoms with van der Waals surface area (Å²) in [5.41, 5.74) is 6.78. The van der Waals surface area contributed by atoms with Crippen molar-refractivity contribution in [1.29, 1.82) is 0 Å². The fraction of sp³-hybridized carbons (Fsp3) is 0.652. The van der Waals surface area contributed by atoms with Gasteiger partial charge in [-0.05, 0) is 49.8 Å². The molecule has 4 N–H and O–H groups in total. The number of amides is 3. The number of nitrogens with zero attached hydrogens (tertiary/aromatic N) is 2. The smallest absolute Gasteiger partial charge is 0.317 e. The third kappa shape index (κ3) is 6.57. The van der Waals surface area contributed by atoms with Gasteiger partial charge in [0.2, 0.25) is 5.91 Å². The number of hydrogen-bond acceptors (Lipinski definition) is 4. The highest BCUT2D eigenvalue weighted by Crippen LogP contribution is 2.29. The van der Waals surface area contributed by atoms with Crippen LogP contribution in [0.4, 0.5) is 4.79 Å². The van der Waals surface area contributed by atoms with Crippen LogP contribution >= 0.6 is 11.6 Å². The van der Waals surface area contributed by atoms with E-state index in [1.54, 1.807) is 0 Å². The van der Waals surface area contributed by atoms with E-state index >= 15 is 0 Å². The fourth-order valence-electron chi connectivity index (χ4n) is 4.97. The Morgan fingerprint density at radius 1 is 1.10 bits per heavy atom. The monoisotopic (exact) mass is 450 g/mol. The maximum Gasteiger partial charge on any atom is 0.317 e. The quantitative estimate of drug-likeness (QED) is 0.566. The predicted octanol–water partition coefficient (Wildman–Crippen LogP) is 2.54. The van der Waals surface area contributed by atoms with Gasteiger partial charge in [0, 0.05) is 36.7 Å². The number of hydrogen-bond donors (Lipinski definition) is 3. The lowest BCUT2D eigenvalue weighted by Gasteiger charge is -2.44. The van der Waals surface area contributed by atoms with E-state index in [4.69, 9.17) is 22.4 Å². The van der Waals surface area contributed by atoms with Crippen molar-refractivity contribution in [3.05, 3.63) is 34.9 Å². The molecule has 1 aromatic rings. The number of primary amides is 1. The highest BCUT2D eigenvalue weighted by Gasteiger charge is 2.36. The molecule has 3 amide bonds. The van der Waals surface area contributed by atoms with Gasteiger partial charge >= 0.3 is 6.03 Å².